The Labute approximate surface area is 175 Å². The van der Waals surface area contributed by atoms with Crippen molar-refractivity contribution < 1.29 is 17.9 Å². The second-order valence-electron chi connectivity index (χ2n) is 8.29. The lowest BCUT2D eigenvalue weighted by Crippen LogP contribution is -2.55. The number of sulfonamides is 1. The highest BCUT2D eigenvalue weighted by Crippen LogP contribution is 2.39. The molecule has 0 amide bonds. The van der Waals surface area contributed by atoms with Gasteiger partial charge in [0.1, 0.15) is 0 Å². The molecule has 2 aliphatic rings. The minimum Gasteiger partial charge on any atom is -0.478 e. The molecule has 164 valence electrons. The normalized spacial score (nSPS) is 28.2. The van der Waals surface area contributed by atoms with Gasteiger partial charge in [-0.25, -0.2) is 18.1 Å². The zero-order valence-corrected chi connectivity index (χ0v) is 18.6. The van der Waals surface area contributed by atoms with Crippen molar-refractivity contribution in [3.05, 3.63) is 23.4 Å². The number of pyridine rings is 1. The molecule has 0 bridgehead atoms. The molecule has 1 aliphatic carbocycles. The third-order valence-corrected chi connectivity index (χ3v) is 6.73. The number of aryl methyl sites for hydroxylation is 1. The van der Waals surface area contributed by atoms with Crippen LogP contribution >= 0.6 is 0 Å². The van der Waals surface area contributed by atoms with Gasteiger partial charge in [-0.05, 0) is 76.5 Å². The van der Waals surface area contributed by atoms with Gasteiger partial charge in [-0.3, -0.25) is 0 Å². The van der Waals surface area contributed by atoms with Crippen LogP contribution in [0, 0.1) is 6.92 Å². The summed E-state index contributed by atoms with van der Waals surface area (Å²) >= 11 is 0. The molecule has 2 fully saturated rings. The van der Waals surface area contributed by atoms with Crippen LogP contribution in [0.4, 0.5) is 0 Å². The van der Waals surface area contributed by atoms with E-state index in [1.165, 1.54) is 17.4 Å². The Kier molecular flexibility index (Phi) is 7.90. The Morgan fingerprint density at radius 2 is 2.00 bits per heavy atom. The number of rotatable bonds is 8. The summed E-state index contributed by atoms with van der Waals surface area (Å²) in [5.41, 5.74) is 2.49. The minimum absolute atomic E-state index is 0.0290. The molecule has 29 heavy (non-hydrogen) atoms. The molecule has 1 aromatic rings. The van der Waals surface area contributed by atoms with E-state index >= 15 is 0 Å². The first-order valence-corrected chi connectivity index (χ1v) is 12.7. The largest absolute Gasteiger partial charge is 0.478 e. The van der Waals surface area contributed by atoms with Crippen LogP contribution in [0.15, 0.2) is 12.3 Å². The van der Waals surface area contributed by atoms with Gasteiger partial charge in [0.15, 0.2) is 0 Å². The number of aromatic nitrogens is 1. The first-order chi connectivity index (χ1) is 13.9. The summed E-state index contributed by atoms with van der Waals surface area (Å²) in [7, 11) is -3.21. The first kappa shape index (κ1) is 22.5. The molecule has 1 saturated carbocycles. The molecule has 3 rings (SSSR count). The average Bonchev–Trinajstić information content (AvgIpc) is 2.67. The number of hydrogen-bond acceptors (Lipinski definition) is 6. The van der Waals surface area contributed by atoms with Crippen molar-refractivity contribution in [2.24, 2.45) is 0 Å². The van der Waals surface area contributed by atoms with Crippen molar-refractivity contribution in [1.82, 2.24) is 15.0 Å². The Bertz CT molecular complexity index is 763. The molecule has 0 aromatic carbocycles. The van der Waals surface area contributed by atoms with E-state index in [0.29, 0.717) is 19.1 Å². The van der Waals surface area contributed by atoms with E-state index in [9.17, 15) is 8.42 Å². The topological polar surface area (TPSA) is 89.6 Å². The minimum atomic E-state index is -3.21. The number of hydrogen-bond donors (Lipinski definition) is 2. The lowest BCUT2D eigenvalue weighted by atomic mass is 9.81. The summed E-state index contributed by atoms with van der Waals surface area (Å²) in [5, 5.41) is 3.42. The summed E-state index contributed by atoms with van der Waals surface area (Å²) in [5.74, 6) is 1.23. The molecule has 2 heterocycles. The fraction of sp³-hybridized carbons (Fsp3) is 0.762. The van der Waals surface area contributed by atoms with Gasteiger partial charge in [0.05, 0.1) is 25.6 Å². The van der Waals surface area contributed by atoms with Crippen molar-refractivity contribution in [2.45, 2.75) is 76.5 Å². The molecule has 7 nitrogen and oxygen atoms in total. The number of ether oxygens (including phenoxy) is 2. The van der Waals surface area contributed by atoms with E-state index in [4.69, 9.17) is 9.47 Å². The van der Waals surface area contributed by atoms with Crippen molar-refractivity contribution in [3.63, 3.8) is 0 Å². The van der Waals surface area contributed by atoms with Crippen molar-refractivity contribution in [3.8, 4) is 5.88 Å². The first-order valence-electron chi connectivity index (χ1n) is 10.8. The Balaban J connectivity index is 1.52. The smallest absolute Gasteiger partial charge is 0.217 e. The second-order valence-corrected chi connectivity index (χ2v) is 10.1. The number of nitrogens with one attached hydrogen (secondary N) is 2. The summed E-state index contributed by atoms with van der Waals surface area (Å²) < 4.78 is 38.0. The van der Waals surface area contributed by atoms with Crippen LogP contribution in [0.1, 0.15) is 62.5 Å². The Hall–Kier alpha value is -1.22. The summed E-state index contributed by atoms with van der Waals surface area (Å²) in [4.78, 5) is 4.44. The highest BCUT2D eigenvalue weighted by atomic mass is 32.2. The van der Waals surface area contributed by atoms with E-state index in [0.717, 1.165) is 50.9 Å². The van der Waals surface area contributed by atoms with Crippen LogP contribution in [0.2, 0.25) is 0 Å². The van der Waals surface area contributed by atoms with Gasteiger partial charge in [-0.2, -0.15) is 0 Å². The number of piperidine rings is 1. The SMILES string of the molecule is CCOc1nccc(C)c1C1CCC(OC[C@@H]2NCCC[C@@H]2NS(C)(=O)=O)CC1. The third-order valence-electron chi connectivity index (χ3n) is 6.00. The zero-order valence-electron chi connectivity index (χ0n) is 17.8. The quantitative estimate of drug-likeness (QED) is 0.665. The molecule has 0 unspecified atom stereocenters. The van der Waals surface area contributed by atoms with Gasteiger partial charge >= 0.3 is 0 Å². The molecule has 1 aliphatic heterocycles. The van der Waals surface area contributed by atoms with Crippen LogP contribution in [0.5, 0.6) is 5.88 Å². The maximum Gasteiger partial charge on any atom is 0.217 e. The highest BCUT2D eigenvalue weighted by molar-refractivity contribution is 7.88. The fourth-order valence-electron chi connectivity index (χ4n) is 4.60. The van der Waals surface area contributed by atoms with Crippen molar-refractivity contribution >= 4 is 10.0 Å². The molecular weight excluding hydrogens is 390 g/mol. The Morgan fingerprint density at radius 3 is 2.69 bits per heavy atom. The van der Waals surface area contributed by atoms with E-state index in [1.807, 2.05) is 13.1 Å². The monoisotopic (exact) mass is 425 g/mol. The molecule has 8 heteroatoms. The van der Waals surface area contributed by atoms with Crippen LogP contribution < -0.4 is 14.8 Å². The van der Waals surface area contributed by atoms with E-state index < -0.39 is 10.0 Å². The molecule has 1 aromatic heterocycles. The van der Waals surface area contributed by atoms with Gasteiger partial charge in [0.2, 0.25) is 15.9 Å². The lowest BCUT2D eigenvalue weighted by Gasteiger charge is -2.35. The average molecular weight is 426 g/mol. The van der Waals surface area contributed by atoms with Crippen LogP contribution in [0.3, 0.4) is 0 Å². The lowest BCUT2D eigenvalue weighted by molar-refractivity contribution is 0.00504. The second kappa shape index (κ2) is 10.2. The van der Waals surface area contributed by atoms with Crippen molar-refractivity contribution in [1.29, 1.82) is 0 Å². The van der Waals surface area contributed by atoms with Gasteiger partial charge in [0, 0.05) is 23.8 Å². The highest BCUT2D eigenvalue weighted by Gasteiger charge is 2.30. The van der Waals surface area contributed by atoms with E-state index in [1.54, 1.807) is 0 Å². The standard InChI is InChI=1S/C21H35N3O4S/c1-4-27-21-20(15(2)11-13-23-21)16-7-9-17(10-8-16)28-14-19-18(6-5-12-22-19)24-29(3,25)26/h11,13,16-19,22,24H,4-10,12,14H2,1-3H3/t16?,17?,18-,19-/m0/s1. The van der Waals surface area contributed by atoms with Gasteiger partial charge in [-0.1, -0.05) is 0 Å². The van der Waals surface area contributed by atoms with Gasteiger partial charge < -0.3 is 14.8 Å². The molecule has 2 atom stereocenters. The molecule has 0 spiro atoms. The summed E-state index contributed by atoms with van der Waals surface area (Å²) in [6, 6.07) is 1.99. The van der Waals surface area contributed by atoms with E-state index in [-0.39, 0.29) is 18.2 Å². The molecular formula is C21H35N3O4S. The number of nitrogens with zero attached hydrogens (tertiary/aromatic N) is 1. The van der Waals surface area contributed by atoms with E-state index in [2.05, 4.69) is 28.0 Å². The van der Waals surface area contributed by atoms with Crippen LogP contribution in [-0.2, 0) is 14.8 Å². The predicted octanol–water partition coefficient (Wildman–Crippen LogP) is 2.50. The third kappa shape index (κ3) is 6.38. The Morgan fingerprint density at radius 1 is 1.24 bits per heavy atom. The maximum absolute atomic E-state index is 11.6. The predicted molar refractivity (Wildman–Crippen MR) is 114 cm³/mol. The van der Waals surface area contributed by atoms with Gasteiger partial charge in [-0.15, -0.1) is 0 Å². The summed E-state index contributed by atoms with van der Waals surface area (Å²) in [6.07, 6.45) is 9.20. The maximum atomic E-state index is 11.6. The fourth-order valence-corrected chi connectivity index (χ4v) is 5.43. The molecule has 1 saturated heterocycles. The zero-order chi connectivity index (χ0) is 20.9. The van der Waals surface area contributed by atoms with Crippen LogP contribution in [0.25, 0.3) is 0 Å². The molecule has 2 N–H and O–H groups in total. The summed E-state index contributed by atoms with van der Waals surface area (Å²) in [6.45, 7) is 6.19. The van der Waals surface area contributed by atoms with Gasteiger partial charge in [0.25, 0.3) is 0 Å². The van der Waals surface area contributed by atoms with Crippen LogP contribution in [-0.4, -0.2) is 57.6 Å². The molecule has 0 radical (unpaired) electrons. The van der Waals surface area contributed by atoms with Crippen molar-refractivity contribution in [2.75, 3.05) is 26.0 Å².